The van der Waals surface area contributed by atoms with Gasteiger partial charge in [0.2, 0.25) is 0 Å². The van der Waals surface area contributed by atoms with Crippen LogP contribution in [0.4, 0.5) is 0 Å². The summed E-state index contributed by atoms with van der Waals surface area (Å²) in [6, 6.07) is 21.8. The third-order valence-electron chi connectivity index (χ3n) is 6.21. The van der Waals surface area contributed by atoms with Crippen molar-refractivity contribution >= 4 is 22.1 Å². The Morgan fingerprint density at radius 2 is 1.85 bits per heavy atom. The molecule has 168 valence electrons. The summed E-state index contributed by atoms with van der Waals surface area (Å²) < 4.78 is 5.53. The van der Waals surface area contributed by atoms with Crippen LogP contribution in [0.3, 0.4) is 0 Å². The molecular weight excluding hydrogens is 410 g/mol. The largest absolute Gasteiger partial charge is 0.383 e. The van der Waals surface area contributed by atoms with E-state index in [4.69, 9.17) is 4.74 Å². The first-order chi connectivity index (χ1) is 16.1. The summed E-state index contributed by atoms with van der Waals surface area (Å²) in [5.41, 5.74) is 7.54. The fourth-order valence-corrected chi connectivity index (χ4v) is 4.51. The third kappa shape index (κ3) is 4.53. The summed E-state index contributed by atoms with van der Waals surface area (Å²) in [6.45, 7) is 3.51. The van der Waals surface area contributed by atoms with E-state index >= 15 is 0 Å². The van der Waals surface area contributed by atoms with Gasteiger partial charge in [-0.1, -0.05) is 36.4 Å². The second kappa shape index (κ2) is 9.17. The van der Waals surface area contributed by atoms with Gasteiger partial charge >= 0.3 is 0 Å². The number of aryl methyl sites for hydroxylation is 1. The van der Waals surface area contributed by atoms with Crippen molar-refractivity contribution in [2.24, 2.45) is 0 Å². The molecule has 6 heteroatoms. The fourth-order valence-electron chi connectivity index (χ4n) is 4.51. The van der Waals surface area contributed by atoms with Gasteiger partial charge in [0.25, 0.3) is 0 Å². The first-order valence-corrected chi connectivity index (χ1v) is 11.3. The van der Waals surface area contributed by atoms with Crippen molar-refractivity contribution in [1.29, 1.82) is 0 Å². The van der Waals surface area contributed by atoms with Crippen molar-refractivity contribution in [2.45, 2.75) is 25.9 Å². The molecule has 2 aromatic carbocycles. The molecule has 6 nitrogen and oxygen atoms in total. The normalized spacial score (nSPS) is 12.7. The van der Waals surface area contributed by atoms with E-state index in [1.165, 1.54) is 16.5 Å². The lowest BCUT2D eigenvalue weighted by atomic mass is 10.0. The molecule has 0 saturated carbocycles. The monoisotopic (exact) mass is 439 g/mol. The molecular formula is C27H29N5O. The number of likely N-dealkylation sites (N-methyl/N-ethyl adjacent to an activating group) is 1. The number of hydrogen-bond donors (Lipinski definition) is 2. The van der Waals surface area contributed by atoms with Crippen LogP contribution >= 0.6 is 0 Å². The van der Waals surface area contributed by atoms with E-state index < -0.39 is 0 Å². The minimum Gasteiger partial charge on any atom is -0.383 e. The van der Waals surface area contributed by atoms with Crippen molar-refractivity contribution in [3.05, 3.63) is 83.8 Å². The molecule has 2 N–H and O–H groups in total. The second-order valence-corrected chi connectivity index (χ2v) is 8.70. The maximum Gasteiger partial charge on any atom is 0.158 e. The van der Waals surface area contributed by atoms with Gasteiger partial charge in [0, 0.05) is 48.1 Å². The Hall–Kier alpha value is -3.48. The molecule has 0 saturated heterocycles. The van der Waals surface area contributed by atoms with Crippen LogP contribution in [-0.2, 0) is 17.7 Å². The molecule has 3 heterocycles. The maximum atomic E-state index is 5.53. The lowest BCUT2D eigenvalue weighted by Gasteiger charge is -2.28. The number of hydrogen-bond acceptors (Lipinski definition) is 4. The molecule has 1 unspecified atom stereocenters. The van der Waals surface area contributed by atoms with Crippen LogP contribution in [0.15, 0.2) is 66.9 Å². The molecule has 0 aliphatic carbocycles. The van der Waals surface area contributed by atoms with Gasteiger partial charge < -0.3 is 14.7 Å². The summed E-state index contributed by atoms with van der Waals surface area (Å²) in [5.74, 6) is 0.868. The van der Waals surface area contributed by atoms with Crippen LogP contribution in [0, 0.1) is 6.92 Å². The molecule has 0 fully saturated rings. The van der Waals surface area contributed by atoms with E-state index in [1.807, 2.05) is 19.2 Å². The van der Waals surface area contributed by atoms with Gasteiger partial charge in [-0.2, -0.15) is 0 Å². The Bertz CT molecular complexity index is 1370. The van der Waals surface area contributed by atoms with Crippen molar-refractivity contribution in [3.63, 3.8) is 0 Å². The smallest absolute Gasteiger partial charge is 0.158 e. The number of ether oxygens (including phenoxy) is 1. The predicted molar refractivity (Wildman–Crippen MR) is 133 cm³/mol. The van der Waals surface area contributed by atoms with E-state index in [2.05, 4.69) is 86.5 Å². The first kappa shape index (κ1) is 21.4. The number of imidazole rings is 1. The Morgan fingerprint density at radius 3 is 2.67 bits per heavy atom. The average Bonchev–Trinajstić information content (AvgIpc) is 3.41. The number of methoxy groups -OCH3 is 1. The van der Waals surface area contributed by atoms with E-state index in [-0.39, 0.29) is 0 Å². The van der Waals surface area contributed by atoms with Crippen LogP contribution in [0.1, 0.15) is 17.0 Å². The average molecular weight is 440 g/mol. The van der Waals surface area contributed by atoms with Crippen molar-refractivity contribution in [2.75, 3.05) is 20.8 Å². The quantitative estimate of drug-likeness (QED) is 0.353. The fraction of sp³-hybridized carbons (Fsp3) is 0.259. The van der Waals surface area contributed by atoms with E-state index in [1.54, 1.807) is 7.11 Å². The Balaban J connectivity index is 1.39. The molecule has 0 amide bonds. The van der Waals surface area contributed by atoms with Gasteiger partial charge in [0.1, 0.15) is 11.3 Å². The van der Waals surface area contributed by atoms with Crippen LogP contribution in [0.25, 0.3) is 33.3 Å². The molecule has 0 aliphatic heterocycles. The van der Waals surface area contributed by atoms with Gasteiger partial charge in [-0.25, -0.2) is 9.97 Å². The van der Waals surface area contributed by atoms with Gasteiger partial charge in [0.15, 0.2) is 5.65 Å². The molecule has 0 aliphatic rings. The zero-order chi connectivity index (χ0) is 22.8. The molecule has 0 radical (unpaired) electrons. The standard InChI is InChI=1S/C27H29N5O/c1-18-29-26-23(11-12-28-27(26)30-18)25-15-21-13-20(9-10-24(21)31-25)16-32(2)22(17-33-3)14-19-7-5-4-6-8-19/h4-13,15,22,31H,14,16-17H2,1-3H3,(H,28,29,30). The zero-order valence-corrected chi connectivity index (χ0v) is 19.3. The molecule has 33 heavy (non-hydrogen) atoms. The van der Waals surface area contributed by atoms with Gasteiger partial charge in [-0.15, -0.1) is 0 Å². The van der Waals surface area contributed by atoms with Crippen LogP contribution in [-0.4, -0.2) is 51.6 Å². The van der Waals surface area contributed by atoms with Gasteiger partial charge in [0.05, 0.1) is 6.61 Å². The van der Waals surface area contributed by atoms with Gasteiger partial charge in [-0.05, 0) is 55.8 Å². The summed E-state index contributed by atoms with van der Waals surface area (Å²) >= 11 is 0. The molecule has 1 atom stereocenters. The lowest BCUT2D eigenvalue weighted by molar-refractivity contribution is 0.102. The summed E-state index contributed by atoms with van der Waals surface area (Å²) in [5, 5.41) is 1.19. The highest BCUT2D eigenvalue weighted by Crippen LogP contribution is 2.29. The number of nitrogens with zero attached hydrogens (tertiary/aromatic N) is 3. The maximum absolute atomic E-state index is 5.53. The van der Waals surface area contributed by atoms with Crippen molar-refractivity contribution in [3.8, 4) is 11.3 Å². The number of aromatic amines is 2. The highest BCUT2D eigenvalue weighted by atomic mass is 16.5. The summed E-state index contributed by atoms with van der Waals surface area (Å²) in [6.07, 6.45) is 2.78. The molecule has 3 aromatic heterocycles. The SMILES string of the molecule is COCC(Cc1ccccc1)N(C)Cc1ccc2[nH]c(-c3ccnc4[nH]c(C)nc34)cc2c1. The predicted octanol–water partition coefficient (Wildman–Crippen LogP) is 5.10. The van der Waals surface area contributed by atoms with E-state index in [0.717, 1.165) is 46.7 Å². The number of pyridine rings is 1. The van der Waals surface area contributed by atoms with Crippen LogP contribution in [0.5, 0.6) is 0 Å². The minimum atomic E-state index is 0.308. The number of rotatable bonds is 8. The van der Waals surface area contributed by atoms with E-state index in [9.17, 15) is 0 Å². The summed E-state index contributed by atoms with van der Waals surface area (Å²) in [4.78, 5) is 18.2. The number of benzene rings is 2. The lowest BCUT2D eigenvalue weighted by Crippen LogP contribution is -2.36. The molecule has 5 aromatic rings. The topological polar surface area (TPSA) is 69.8 Å². The van der Waals surface area contributed by atoms with Crippen molar-refractivity contribution < 1.29 is 4.74 Å². The number of aromatic nitrogens is 4. The molecule has 0 bridgehead atoms. The van der Waals surface area contributed by atoms with Crippen LogP contribution in [0.2, 0.25) is 0 Å². The first-order valence-electron chi connectivity index (χ1n) is 11.3. The number of fused-ring (bicyclic) bond motifs is 2. The Kier molecular flexibility index (Phi) is 5.94. The van der Waals surface area contributed by atoms with Crippen LogP contribution < -0.4 is 0 Å². The van der Waals surface area contributed by atoms with Gasteiger partial charge in [-0.3, -0.25) is 4.90 Å². The zero-order valence-electron chi connectivity index (χ0n) is 19.3. The molecule has 5 rings (SSSR count). The second-order valence-electron chi connectivity index (χ2n) is 8.70. The number of nitrogens with one attached hydrogen (secondary N) is 2. The third-order valence-corrected chi connectivity index (χ3v) is 6.21. The highest BCUT2D eigenvalue weighted by molar-refractivity contribution is 5.94. The minimum absolute atomic E-state index is 0.308. The Labute approximate surface area is 193 Å². The highest BCUT2D eigenvalue weighted by Gasteiger charge is 2.17. The number of H-pyrrole nitrogens is 2. The summed E-state index contributed by atoms with van der Waals surface area (Å²) in [7, 11) is 3.95. The van der Waals surface area contributed by atoms with Crippen molar-refractivity contribution in [1.82, 2.24) is 24.8 Å². The molecule has 0 spiro atoms. The van der Waals surface area contributed by atoms with E-state index in [0.29, 0.717) is 12.6 Å². The Morgan fingerprint density at radius 1 is 1.00 bits per heavy atom.